The predicted octanol–water partition coefficient (Wildman–Crippen LogP) is 6.09. The van der Waals surface area contributed by atoms with E-state index in [0.29, 0.717) is 39.0 Å². The van der Waals surface area contributed by atoms with Gasteiger partial charge in [0, 0.05) is 0 Å². The fourth-order valence-corrected chi connectivity index (χ4v) is 5.54. The van der Waals surface area contributed by atoms with E-state index in [2.05, 4.69) is 30.6 Å². The summed E-state index contributed by atoms with van der Waals surface area (Å²) in [7, 11) is 1.47. The molecule has 30 heavy (non-hydrogen) atoms. The van der Waals surface area contributed by atoms with E-state index in [4.69, 9.17) is 0 Å². The quantitative estimate of drug-likeness (QED) is 0.293. The molecule has 20 heteroatoms. The molecular weight excluding hydrogens is 535 g/mol. The molecule has 0 fully saturated rings. The van der Waals surface area contributed by atoms with Crippen LogP contribution in [0.5, 0.6) is 0 Å². The van der Waals surface area contributed by atoms with E-state index >= 15 is 0 Å². The normalized spacial score (nSPS) is 12.6. The van der Waals surface area contributed by atoms with Gasteiger partial charge in [-0.25, -0.2) is 0 Å². The topological polar surface area (TPSA) is 77.3 Å². The number of hydrogen-bond acceptors (Lipinski definition) is 11. The highest BCUT2D eigenvalue weighted by Crippen LogP contribution is 2.44. The summed E-state index contributed by atoms with van der Waals surface area (Å²) in [6.07, 6.45) is -13.5. The van der Waals surface area contributed by atoms with Crippen molar-refractivity contribution in [1.82, 2.24) is 30.6 Å². The molecule has 6 nitrogen and oxygen atoms in total. The lowest BCUT2D eigenvalue weighted by molar-refractivity contribution is -0.138. The standard InChI is InChI=1S/C6F6N4S4.C4H3F3N2S/c7-5(8,9)1-13-15-3(17-1)19-20-4-16-14-2(18-4)6(10,11)12;1-2-8-9-3(10-2)4(5,6)7/h;1H3. The van der Waals surface area contributed by atoms with E-state index in [1.165, 1.54) is 6.92 Å². The molecule has 0 bridgehead atoms. The Morgan fingerprint density at radius 2 is 0.867 bits per heavy atom. The van der Waals surface area contributed by atoms with Crippen LogP contribution in [0.4, 0.5) is 39.5 Å². The monoisotopic (exact) mass is 538 g/mol. The molecule has 166 valence electrons. The summed E-state index contributed by atoms with van der Waals surface area (Å²) in [6.45, 7) is 1.48. The number of nitrogens with zero attached hydrogens (tertiary/aromatic N) is 6. The maximum atomic E-state index is 12.2. The van der Waals surface area contributed by atoms with Crippen molar-refractivity contribution in [1.29, 1.82) is 0 Å². The van der Waals surface area contributed by atoms with Crippen LogP contribution in [0.1, 0.15) is 20.0 Å². The summed E-state index contributed by atoms with van der Waals surface area (Å²) in [5.74, 6) is 0. The molecule has 0 saturated carbocycles. The highest BCUT2D eigenvalue weighted by atomic mass is 33.1. The van der Waals surface area contributed by atoms with Gasteiger partial charge in [-0.2, -0.15) is 39.5 Å². The van der Waals surface area contributed by atoms with Crippen LogP contribution in [0, 0.1) is 6.92 Å². The Morgan fingerprint density at radius 1 is 0.533 bits per heavy atom. The van der Waals surface area contributed by atoms with E-state index in [0.717, 1.165) is 21.6 Å². The third kappa shape index (κ3) is 7.46. The zero-order valence-corrected chi connectivity index (χ0v) is 17.7. The van der Waals surface area contributed by atoms with Crippen molar-refractivity contribution >= 4 is 55.6 Å². The third-order valence-corrected chi connectivity index (χ3v) is 8.02. The molecule has 0 spiro atoms. The summed E-state index contributed by atoms with van der Waals surface area (Å²) in [4.78, 5) is 0. The van der Waals surface area contributed by atoms with Crippen molar-refractivity contribution in [3.05, 3.63) is 20.0 Å². The summed E-state index contributed by atoms with van der Waals surface area (Å²) in [6, 6.07) is 0. The molecule has 0 aliphatic carbocycles. The van der Waals surface area contributed by atoms with Crippen LogP contribution in [-0.4, -0.2) is 30.6 Å². The van der Waals surface area contributed by atoms with Gasteiger partial charge in [0.2, 0.25) is 15.0 Å². The Balaban J connectivity index is 0.000000269. The fourth-order valence-electron chi connectivity index (χ4n) is 1.20. The van der Waals surface area contributed by atoms with Crippen molar-refractivity contribution in [2.75, 3.05) is 0 Å². The van der Waals surface area contributed by atoms with Gasteiger partial charge >= 0.3 is 18.5 Å². The van der Waals surface area contributed by atoms with Gasteiger partial charge in [-0.1, -0.05) is 34.0 Å². The van der Waals surface area contributed by atoms with Gasteiger partial charge in [-0.3, -0.25) is 0 Å². The molecule has 0 atom stereocenters. The van der Waals surface area contributed by atoms with Crippen molar-refractivity contribution in [2.24, 2.45) is 0 Å². The van der Waals surface area contributed by atoms with Gasteiger partial charge < -0.3 is 0 Å². The molecule has 0 N–H and O–H groups in total. The van der Waals surface area contributed by atoms with Gasteiger partial charge in [0.25, 0.3) is 0 Å². The first kappa shape index (κ1) is 25.0. The van der Waals surface area contributed by atoms with E-state index in [1.54, 1.807) is 0 Å². The zero-order valence-electron chi connectivity index (χ0n) is 13.6. The first-order valence-electron chi connectivity index (χ1n) is 6.69. The molecule has 0 aliphatic rings. The van der Waals surface area contributed by atoms with E-state index < -0.39 is 33.6 Å². The first-order valence-corrected chi connectivity index (χ1v) is 11.3. The van der Waals surface area contributed by atoms with Gasteiger partial charge in [0.05, 0.1) is 0 Å². The smallest absolute Gasteiger partial charge is 0.164 e. The fraction of sp³-hybridized carbons (Fsp3) is 0.400. The van der Waals surface area contributed by atoms with Crippen molar-refractivity contribution in [3.8, 4) is 0 Å². The lowest BCUT2D eigenvalue weighted by Gasteiger charge is -1.97. The summed E-state index contributed by atoms with van der Waals surface area (Å²) >= 11 is 1.15. The number of hydrogen-bond donors (Lipinski definition) is 0. The Bertz CT molecular complexity index is 906. The van der Waals surface area contributed by atoms with Gasteiger partial charge in [0.15, 0.2) is 8.68 Å². The minimum Gasteiger partial charge on any atom is -0.164 e. The lowest BCUT2D eigenvalue weighted by Crippen LogP contribution is -2.03. The molecule has 3 aromatic rings. The molecule has 0 saturated heterocycles. The molecule has 0 aliphatic heterocycles. The predicted molar refractivity (Wildman–Crippen MR) is 91.2 cm³/mol. The maximum absolute atomic E-state index is 12.2. The van der Waals surface area contributed by atoms with Crippen molar-refractivity contribution in [2.45, 2.75) is 34.1 Å². The van der Waals surface area contributed by atoms with E-state index in [9.17, 15) is 39.5 Å². The summed E-state index contributed by atoms with van der Waals surface area (Å²) in [5, 5.41) is 15.8. The number of halogens is 9. The Hall–Kier alpha value is -1.25. The van der Waals surface area contributed by atoms with Crippen molar-refractivity contribution < 1.29 is 39.5 Å². The molecule has 3 aromatic heterocycles. The number of aromatic nitrogens is 6. The zero-order chi connectivity index (χ0) is 22.7. The average Bonchev–Trinajstić information content (AvgIpc) is 3.32. The summed E-state index contributed by atoms with van der Waals surface area (Å²) in [5.41, 5.74) is 0. The Kier molecular flexibility index (Phi) is 7.91. The molecule has 0 aromatic carbocycles. The van der Waals surface area contributed by atoms with Crippen LogP contribution in [0.25, 0.3) is 0 Å². The van der Waals surface area contributed by atoms with E-state index in [-0.39, 0.29) is 8.68 Å². The van der Waals surface area contributed by atoms with E-state index in [1.807, 2.05) is 0 Å². The number of rotatable bonds is 3. The second-order valence-electron chi connectivity index (χ2n) is 4.53. The first-order chi connectivity index (χ1) is 13.7. The van der Waals surface area contributed by atoms with Crippen LogP contribution < -0.4 is 0 Å². The average molecular weight is 538 g/mol. The Morgan fingerprint density at radius 3 is 1.10 bits per heavy atom. The number of alkyl halides is 9. The molecule has 0 amide bonds. The second kappa shape index (κ2) is 9.49. The third-order valence-electron chi connectivity index (χ3n) is 2.25. The molecule has 3 rings (SSSR count). The molecule has 3 heterocycles. The van der Waals surface area contributed by atoms with Crippen LogP contribution in [0.3, 0.4) is 0 Å². The minimum absolute atomic E-state index is 0.0360. The van der Waals surface area contributed by atoms with Gasteiger partial charge in [-0.05, 0) is 28.5 Å². The molecule has 0 unspecified atom stereocenters. The van der Waals surface area contributed by atoms with Crippen LogP contribution in [0.2, 0.25) is 0 Å². The number of aryl methyl sites for hydroxylation is 1. The van der Waals surface area contributed by atoms with Crippen LogP contribution in [0.15, 0.2) is 8.68 Å². The highest BCUT2D eigenvalue weighted by Gasteiger charge is 2.37. The van der Waals surface area contributed by atoms with Crippen molar-refractivity contribution in [3.63, 3.8) is 0 Å². The van der Waals surface area contributed by atoms with Crippen LogP contribution >= 0.6 is 55.6 Å². The maximum Gasteiger partial charge on any atom is 0.445 e. The molecular formula is C10H3F9N6S5. The second-order valence-corrected chi connectivity index (χ2v) is 10.3. The van der Waals surface area contributed by atoms with Gasteiger partial charge in [0.1, 0.15) is 5.01 Å². The lowest BCUT2D eigenvalue weighted by atomic mass is 10.7. The largest absolute Gasteiger partial charge is 0.445 e. The minimum atomic E-state index is -4.59. The van der Waals surface area contributed by atoms with Crippen LogP contribution in [-0.2, 0) is 18.5 Å². The SMILES string of the molecule is Cc1nnc(C(F)(F)F)s1.FC(F)(F)c1nnc(SSc2nnc(C(F)(F)F)s2)s1. The highest BCUT2D eigenvalue weighted by molar-refractivity contribution is 8.77. The van der Waals surface area contributed by atoms with Gasteiger partial charge in [-0.15, -0.1) is 30.6 Å². The molecule has 0 radical (unpaired) electrons. The summed E-state index contributed by atoms with van der Waals surface area (Å²) < 4.78 is 109. The Labute approximate surface area is 179 Å².